The molecule has 0 bridgehead atoms. The monoisotopic (exact) mass is 414 g/mol. The molecule has 0 saturated carbocycles. The second kappa shape index (κ2) is 8.82. The summed E-state index contributed by atoms with van der Waals surface area (Å²) < 4.78 is 0. The molecule has 5 aromatic rings. The lowest BCUT2D eigenvalue weighted by atomic mass is 10.0. The number of amides is 1. The van der Waals surface area contributed by atoms with Crippen molar-refractivity contribution in [3.8, 4) is 11.3 Å². The maximum absolute atomic E-state index is 13.6. The molecule has 2 aromatic heterocycles. The Bertz CT molecular complexity index is 1310. The first-order valence-electron chi connectivity index (χ1n) is 10.4. The van der Waals surface area contributed by atoms with Crippen molar-refractivity contribution in [2.24, 2.45) is 0 Å². The molecule has 0 aliphatic carbocycles. The maximum atomic E-state index is 13.6. The fourth-order valence-corrected chi connectivity index (χ4v) is 3.75. The lowest BCUT2D eigenvalue weighted by Gasteiger charge is -2.19. The zero-order chi connectivity index (χ0) is 21.8. The highest BCUT2D eigenvalue weighted by Gasteiger charge is 2.21. The van der Waals surface area contributed by atoms with Gasteiger partial charge in [-0.3, -0.25) is 9.78 Å². The Morgan fingerprint density at radius 1 is 0.781 bits per heavy atom. The molecule has 2 heterocycles. The Morgan fingerprint density at radius 2 is 1.47 bits per heavy atom. The van der Waals surface area contributed by atoms with Crippen molar-refractivity contribution >= 4 is 16.8 Å². The maximum Gasteiger partial charge on any atom is 0.253 e. The molecule has 153 valence electrons. The summed E-state index contributed by atoms with van der Waals surface area (Å²) in [5, 5.41) is 3.94. The van der Waals surface area contributed by atoms with E-state index in [1.807, 2.05) is 103 Å². The molecular weight excluding hydrogens is 394 g/mol. The fourth-order valence-electron chi connectivity index (χ4n) is 3.75. The van der Waals surface area contributed by atoms with Crippen LogP contribution >= 0.6 is 0 Å². The molecule has 4 nitrogen and oxygen atoms in total. The van der Waals surface area contributed by atoms with Gasteiger partial charge in [0.25, 0.3) is 5.91 Å². The van der Waals surface area contributed by atoms with Gasteiger partial charge in [-0.2, -0.15) is 0 Å². The zero-order valence-electron chi connectivity index (χ0n) is 17.3. The van der Waals surface area contributed by atoms with Crippen molar-refractivity contribution in [3.63, 3.8) is 0 Å². The minimum Gasteiger partial charge on any atom is -0.339 e. The number of carbonyl (C=O) groups is 1. The third-order valence-electron chi connectivity index (χ3n) is 5.32. The summed E-state index contributed by atoms with van der Waals surface area (Å²) in [5.74, 6) is -0.222. The van der Waals surface area contributed by atoms with Crippen LogP contribution in [0.4, 0.5) is 0 Å². The first-order chi connectivity index (χ1) is 15.8. The zero-order valence-corrected chi connectivity index (χ0v) is 17.3. The van der Waals surface area contributed by atoms with Gasteiger partial charge in [0.1, 0.15) is 0 Å². The molecule has 3 aromatic carbocycles. The van der Waals surface area contributed by atoms with Crippen LogP contribution in [0.3, 0.4) is 0 Å². The number of aromatic nitrogens is 2. The van der Waals surface area contributed by atoms with E-state index < -0.39 is 0 Å². The number of benzene rings is 3. The first-order valence-corrected chi connectivity index (χ1v) is 10.4. The van der Waals surface area contributed by atoms with Gasteiger partial charge in [0.05, 0.1) is 28.5 Å². The van der Waals surface area contributed by atoms with Gasteiger partial charge in [-0.05, 0) is 23.8 Å². The topological polar surface area (TPSA) is 54.9 Å². The van der Waals surface area contributed by atoms with Crippen molar-refractivity contribution in [1.82, 2.24) is 15.3 Å². The van der Waals surface area contributed by atoms with E-state index in [2.05, 4.69) is 16.4 Å². The average molecular weight is 414 g/mol. The van der Waals surface area contributed by atoms with Crippen LogP contribution in [0.15, 0.2) is 109 Å². The second-order valence-corrected chi connectivity index (χ2v) is 7.42. The fraction of sp³-hybridized carbons (Fsp3) is 0.0357. The summed E-state index contributed by atoms with van der Waals surface area (Å²) in [5.41, 5.74) is 4.51. The highest BCUT2D eigenvalue weighted by molar-refractivity contribution is 6.07. The van der Waals surface area contributed by atoms with E-state index >= 15 is 0 Å². The van der Waals surface area contributed by atoms with Crippen molar-refractivity contribution in [3.05, 3.63) is 132 Å². The van der Waals surface area contributed by atoms with E-state index in [1.165, 1.54) is 0 Å². The van der Waals surface area contributed by atoms with Gasteiger partial charge >= 0.3 is 0 Å². The minimum atomic E-state index is -0.384. The number of nitrogens with zero attached hydrogens (tertiary/aromatic N) is 2. The van der Waals surface area contributed by atoms with Gasteiger partial charge in [0.15, 0.2) is 0 Å². The number of fused-ring (bicyclic) bond motifs is 1. The molecule has 1 N–H and O–H groups in total. The summed E-state index contributed by atoms with van der Waals surface area (Å²) >= 11 is 0. The van der Waals surface area contributed by atoms with E-state index in [-0.39, 0.29) is 11.9 Å². The van der Waals surface area contributed by atoms with Gasteiger partial charge < -0.3 is 5.32 Å². The standard InChI is InChI=1S/C28H20N3O/c32-28(31-27(21-13-5-2-6-14-21)25-17-9-10-18-29-25)23-19-26(20-11-3-1-4-12-20)30-24-16-8-7-15-22(23)24/h1-18,27H,(H,31,32). The molecule has 5 rings (SSSR count). The number of hydrogen-bond acceptors (Lipinski definition) is 3. The van der Waals surface area contributed by atoms with Gasteiger partial charge in [0, 0.05) is 23.2 Å². The average Bonchev–Trinajstić information content (AvgIpc) is 2.88. The molecule has 0 aliphatic heterocycles. The van der Waals surface area contributed by atoms with Gasteiger partial charge in [-0.25, -0.2) is 4.98 Å². The van der Waals surface area contributed by atoms with Crippen molar-refractivity contribution in [2.75, 3.05) is 0 Å². The quantitative estimate of drug-likeness (QED) is 0.406. The van der Waals surface area contributed by atoms with Crippen LogP contribution < -0.4 is 5.32 Å². The third kappa shape index (κ3) is 3.98. The molecule has 32 heavy (non-hydrogen) atoms. The van der Waals surface area contributed by atoms with Crippen LogP contribution in [0, 0.1) is 6.07 Å². The highest BCUT2D eigenvalue weighted by atomic mass is 16.1. The molecule has 0 fully saturated rings. The summed E-state index contributed by atoms with van der Waals surface area (Å²) in [4.78, 5) is 22.8. The van der Waals surface area contributed by atoms with Crippen molar-refractivity contribution in [2.45, 2.75) is 6.04 Å². The van der Waals surface area contributed by atoms with Crippen molar-refractivity contribution < 1.29 is 4.79 Å². The Morgan fingerprint density at radius 3 is 2.22 bits per heavy atom. The van der Waals surface area contributed by atoms with Crippen LogP contribution in [0.25, 0.3) is 22.2 Å². The molecule has 1 amide bonds. The summed E-state index contributed by atoms with van der Waals surface area (Å²) in [7, 11) is 0. The van der Waals surface area contributed by atoms with Crippen LogP contribution in [-0.4, -0.2) is 15.9 Å². The lowest BCUT2D eigenvalue weighted by molar-refractivity contribution is 0.0943. The Balaban J connectivity index is 1.59. The lowest BCUT2D eigenvalue weighted by Crippen LogP contribution is -2.30. The molecule has 0 saturated heterocycles. The normalized spacial score (nSPS) is 11.8. The second-order valence-electron chi connectivity index (χ2n) is 7.42. The highest BCUT2D eigenvalue weighted by Crippen LogP contribution is 2.26. The number of para-hydroxylation sites is 1. The van der Waals surface area contributed by atoms with Crippen LogP contribution in [0.1, 0.15) is 27.7 Å². The number of nitrogens with one attached hydrogen (secondary N) is 1. The molecule has 0 aliphatic rings. The Hall–Kier alpha value is -4.31. The summed E-state index contributed by atoms with van der Waals surface area (Å²) in [6, 6.07) is 35.9. The van der Waals surface area contributed by atoms with Gasteiger partial charge in [-0.15, -0.1) is 0 Å². The number of rotatable bonds is 5. The predicted octanol–water partition coefficient (Wildman–Crippen LogP) is 5.62. The molecule has 4 heteroatoms. The van der Waals surface area contributed by atoms with E-state index in [1.54, 1.807) is 6.20 Å². The van der Waals surface area contributed by atoms with Gasteiger partial charge in [-0.1, -0.05) is 84.9 Å². The minimum absolute atomic E-state index is 0.222. The number of hydrogen-bond donors (Lipinski definition) is 1. The Labute approximate surface area is 186 Å². The third-order valence-corrected chi connectivity index (χ3v) is 5.32. The molecular formula is C28H20N3O. The molecule has 0 spiro atoms. The van der Waals surface area contributed by atoms with E-state index in [9.17, 15) is 4.79 Å². The molecule has 1 radical (unpaired) electrons. The smallest absolute Gasteiger partial charge is 0.253 e. The number of pyridine rings is 2. The molecule has 1 atom stereocenters. The summed E-state index contributed by atoms with van der Waals surface area (Å²) in [6.07, 6.45) is 1.74. The van der Waals surface area contributed by atoms with Gasteiger partial charge in [0.2, 0.25) is 0 Å². The van der Waals surface area contributed by atoms with Crippen LogP contribution in [-0.2, 0) is 0 Å². The summed E-state index contributed by atoms with van der Waals surface area (Å²) in [6.45, 7) is 0. The first kappa shape index (κ1) is 19.6. The Kier molecular flexibility index (Phi) is 5.41. The van der Waals surface area contributed by atoms with Crippen LogP contribution in [0.5, 0.6) is 0 Å². The number of carbonyl (C=O) groups excluding carboxylic acids is 1. The van der Waals surface area contributed by atoms with E-state index in [4.69, 9.17) is 4.98 Å². The van der Waals surface area contributed by atoms with E-state index in [0.29, 0.717) is 11.3 Å². The predicted molar refractivity (Wildman–Crippen MR) is 126 cm³/mol. The van der Waals surface area contributed by atoms with E-state index in [0.717, 1.165) is 27.7 Å². The van der Waals surface area contributed by atoms with Crippen molar-refractivity contribution in [1.29, 1.82) is 0 Å². The largest absolute Gasteiger partial charge is 0.339 e. The molecule has 1 unspecified atom stereocenters. The van der Waals surface area contributed by atoms with Crippen LogP contribution in [0.2, 0.25) is 0 Å². The SMILES string of the molecule is O=C(NC(c1ccccc1)c1ccccn1)c1[c]c(-c2ccccc2)nc2ccccc12.